The highest BCUT2D eigenvalue weighted by Crippen LogP contribution is 2.23. The summed E-state index contributed by atoms with van der Waals surface area (Å²) in [4.78, 5) is 11.4. The molecule has 1 amide bonds. The van der Waals surface area contributed by atoms with Crippen molar-refractivity contribution in [2.75, 3.05) is 0 Å². The Hall–Kier alpha value is -0.790. The Labute approximate surface area is 86.8 Å². The summed E-state index contributed by atoms with van der Waals surface area (Å²) in [5, 5.41) is 3.01. The van der Waals surface area contributed by atoms with E-state index >= 15 is 0 Å². The Morgan fingerprint density at radius 3 is 3.07 bits per heavy atom. The Morgan fingerprint density at radius 2 is 2.43 bits per heavy atom. The van der Waals surface area contributed by atoms with Crippen LogP contribution in [-0.4, -0.2) is 11.9 Å². The lowest BCUT2D eigenvalue weighted by molar-refractivity contribution is -0.124. The van der Waals surface area contributed by atoms with Crippen molar-refractivity contribution in [3.05, 3.63) is 12.7 Å². The molecule has 0 aliphatic carbocycles. The molecule has 1 rings (SSSR count). The first-order valence-corrected chi connectivity index (χ1v) is 5.66. The van der Waals surface area contributed by atoms with E-state index in [1.807, 2.05) is 6.08 Å². The molecule has 2 nitrogen and oxygen atoms in total. The molecule has 1 aliphatic heterocycles. The highest BCUT2D eigenvalue weighted by Gasteiger charge is 2.24. The van der Waals surface area contributed by atoms with E-state index in [1.165, 1.54) is 19.3 Å². The maximum absolute atomic E-state index is 11.4. The highest BCUT2D eigenvalue weighted by atomic mass is 16.1. The molecule has 1 saturated heterocycles. The van der Waals surface area contributed by atoms with Gasteiger partial charge in [0.25, 0.3) is 0 Å². The molecule has 0 bridgehead atoms. The molecule has 0 saturated carbocycles. The second-order valence-electron chi connectivity index (χ2n) is 4.24. The number of hydrogen-bond donors (Lipinski definition) is 1. The molecular formula is C12H21NO. The van der Waals surface area contributed by atoms with Crippen LogP contribution >= 0.6 is 0 Å². The number of hydrogen-bond acceptors (Lipinski definition) is 1. The number of nitrogens with one attached hydrogen (secondary N) is 1. The summed E-state index contributed by atoms with van der Waals surface area (Å²) in [6.45, 7) is 5.91. The first-order chi connectivity index (χ1) is 6.76. The SMILES string of the molecule is C=CCC1CC(CCCC)CC(=O)N1. The number of amides is 1. The van der Waals surface area contributed by atoms with Crippen LogP contribution in [0.3, 0.4) is 0 Å². The Morgan fingerprint density at radius 1 is 1.64 bits per heavy atom. The molecule has 14 heavy (non-hydrogen) atoms. The molecule has 1 N–H and O–H groups in total. The van der Waals surface area contributed by atoms with E-state index in [4.69, 9.17) is 0 Å². The van der Waals surface area contributed by atoms with E-state index in [0.29, 0.717) is 12.0 Å². The van der Waals surface area contributed by atoms with Crippen molar-refractivity contribution in [1.82, 2.24) is 5.32 Å². The fourth-order valence-corrected chi connectivity index (χ4v) is 2.16. The maximum Gasteiger partial charge on any atom is 0.220 e. The number of carbonyl (C=O) groups is 1. The van der Waals surface area contributed by atoms with Crippen molar-refractivity contribution in [3.63, 3.8) is 0 Å². The van der Waals surface area contributed by atoms with Crippen molar-refractivity contribution in [2.45, 2.75) is 51.5 Å². The van der Waals surface area contributed by atoms with Crippen molar-refractivity contribution in [1.29, 1.82) is 0 Å². The third-order valence-electron chi connectivity index (χ3n) is 2.87. The van der Waals surface area contributed by atoms with E-state index < -0.39 is 0 Å². The summed E-state index contributed by atoms with van der Waals surface area (Å²) in [5.41, 5.74) is 0. The number of carbonyl (C=O) groups excluding carboxylic acids is 1. The lowest BCUT2D eigenvalue weighted by atomic mass is 9.87. The van der Waals surface area contributed by atoms with Gasteiger partial charge in [0.15, 0.2) is 0 Å². The van der Waals surface area contributed by atoms with Gasteiger partial charge in [-0.1, -0.05) is 25.8 Å². The van der Waals surface area contributed by atoms with Gasteiger partial charge in [0.05, 0.1) is 0 Å². The quantitative estimate of drug-likeness (QED) is 0.671. The minimum absolute atomic E-state index is 0.226. The van der Waals surface area contributed by atoms with Gasteiger partial charge in [-0.25, -0.2) is 0 Å². The minimum atomic E-state index is 0.226. The summed E-state index contributed by atoms with van der Waals surface area (Å²) in [6, 6.07) is 0.343. The molecule has 0 spiro atoms. The fraction of sp³-hybridized carbons (Fsp3) is 0.750. The lowest BCUT2D eigenvalue weighted by Crippen LogP contribution is -2.42. The highest BCUT2D eigenvalue weighted by molar-refractivity contribution is 5.77. The summed E-state index contributed by atoms with van der Waals surface area (Å²) in [6.07, 6.45) is 8.35. The largest absolute Gasteiger partial charge is 0.353 e. The molecule has 1 aliphatic rings. The van der Waals surface area contributed by atoms with Crippen molar-refractivity contribution in [2.24, 2.45) is 5.92 Å². The van der Waals surface area contributed by atoms with E-state index in [-0.39, 0.29) is 5.91 Å². The molecule has 2 heteroatoms. The van der Waals surface area contributed by atoms with Gasteiger partial charge in [-0.15, -0.1) is 6.58 Å². The van der Waals surface area contributed by atoms with Crippen LogP contribution in [0, 0.1) is 5.92 Å². The van der Waals surface area contributed by atoms with Crippen molar-refractivity contribution < 1.29 is 4.79 Å². The van der Waals surface area contributed by atoms with Crippen LogP contribution in [-0.2, 0) is 4.79 Å². The first-order valence-electron chi connectivity index (χ1n) is 5.66. The van der Waals surface area contributed by atoms with E-state index in [1.54, 1.807) is 0 Å². The summed E-state index contributed by atoms with van der Waals surface area (Å²) < 4.78 is 0. The third-order valence-corrected chi connectivity index (χ3v) is 2.87. The predicted octanol–water partition coefficient (Wildman–Crippen LogP) is 2.65. The van der Waals surface area contributed by atoms with E-state index in [0.717, 1.165) is 19.3 Å². The standard InChI is InChI=1S/C12H21NO/c1-3-5-7-10-8-11(6-4-2)13-12(14)9-10/h4,10-11H,2-3,5-9H2,1H3,(H,13,14). The number of rotatable bonds is 5. The monoisotopic (exact) mass is 195 g/mol. The Balaban J connectivity index is 2.37. The molecule has 0 aromatic carbocycles. The van der Waals surface area contributed by atoms with E-state index in [2.05, 4.69) is 18.8 Å². The third kappa shape index (κ3) is 3.52. The first kappa shape index (κ1) is 11.3. The molecule has 1 fully saturated rings. The molecule has 80 valence electrons. The molecular weight excluding hydrogens is 174 g/mol. The van der Waals surface area contributed by atoms with Gasteiger partial charge in [-0.3, -0.25) is 4.79 Å². The normalized spacial score (nSPS) is 27.1. The maximum atomic E-state index is 11.4. The zero-order chi connectivity index (χ0) is 10.4. The molecule has 0 radical (unpaired) electrons. The average Bonchev–Trinajstić information content (AvgIpc) is 2.14. The van der Waals surface area contributed by atoms with Gasteiger partial charge in [0, 0.05) is 12.5 Å². The number of piperidine rings is 1. The zero-order valence-electron chi connectivity index (χ0n) is 9.09. The summed E-state index contributed by atoms with van der Waals surface area (Å²) in [7, 11) is 0. The molecule has 0 aromatic heterocycles. The van der Waals surface area contributed by atoms with Crippen LogP contribution < -0.4 is 5.32 Å². The molecule has 2 atom stereocenters. The zero-order valence-corrected chi connectivity index (χ0v) is 9.09. The van der Waals surface area contributed by atoms with Gasteiger partial charge >= 0.3 is 0 Å². The summed E-state index contributed by atoms with van der Waals surface area (Å²) >= 11 is 0. The van der Waals surface area contributed by atoms with Gasteiger partial charge in [0.2, 0.25) is 5.91 Å². The predicted molar refractivity (Wildman–Crippen MR) is 59.0 cm³/mol. The lowest BCUT2D eigenvalue weighted by Gasteiger charge is -2.29. The second-order valence-corrected chi connectivity index (χ2v) is 4.24. The van der Waals surface area contributed by atoms with Crippen LogP contribution in [0.5, 0.6) is 0 Å². The summed E-state index contributed by atoms with van der Waals surface area (Å²) in [5.74, 6) is 0.831. The Bertz CT molecular complexity index is 200. The Kier molecular flexibility index (Phi) is 4.71. The molecule has 1 heterocycles. The molecule has 2 unspecified atom stereocenters. The van der Waals surface area contributed by atoms with Crippen LogP contribution in [0.1, 0.15) is 45.4 Å². The van der Waals surface area contributed by atoms with Crippen LogP contribution in [0.4, 0.5) is 0 Å². The fourth-order valence-electron chi connectivity index (χ4n) is 2.16. The number of unbranched alkanes of at least 4 members (excludes halogenated alkanes) is 1. The minimum Gasteiger partial charge on any atom is -0.353 e. The smallest absolute Gasteiger partial charge is 0.220 e. The van der Waals surface area contributed by atoms with Crippen molar-refractivity contribution >= 4 is 5.91 Å². The van der Waals surface area contributed by atoms with Gasteiger partial charge in [0.1, 0.15) is 0 Å². The van der Waals surface area contributed by atoms with E-state index in [9.17, 15) is 4.79 Å². The van der Waals surface area contributed by atoms with Crippen LogP contribution in [0.15, 0.2) is 12.7 Å². The van der Waals surface area contributed by atoms with Crippen molar-refractivity contribution in [3.8, 4) is 0 Å². The van der Waals surface area contributed by atoms with Crippen LogP contribution in [0.25, 0.3) is 0 Å². The average molecular weight is 195 g/mol. The van der Waals surface area contributed by atoms with Gasteiger partial charge in [-0.05, 0) is 25.2 Å². The van der Waals surface area contributed by atoms with Crippen LogP contribution in [0.2, 0.25) is 0 Å². The van der Waals surface area contributed by atoms with Gasteiger partial charge < -0.3 is 5.32 Å². The van der Waals surface area contributed by atoms with Gasteiger partial charge in [-0.2, -0.15) is 0 Å². The second kappa shape index (κ2) is 5.84. The molecule has 0 aromatic rings. The topological polar surface area (TPSA) is 29.1 Å².